The van der Waals surface area contributed by atoms with Gasteiger partial charge in [0, 0.05) is 30.4 Å². The first-order valence-corrected chi connectivity index (χ1v) is 6.05. The van der Waals surface area contributed by atoms with Gasteiger partial charge in [0.15, 0.2) is 5.78 Å². The zero-order valence-corrected chi connectivity index (χ0v) is 10.8. The molecule has 1 aromatic carbocycles. The Morgan fingerprint density at radius 2 is 2.00 bits per heavy atom. The smallest absolute Gasteiger partial charge is 0.161 e. The van der Waals surface area contributed by atoms with Crippen molar-refractivity contribution >= 4 is 11.5 Å². The summed E-state index contributed by atoms with van der Waals surface area (Å²) in [5.41, 5.74) is 1.71. The summed E-state index contributed by atoms with van der Waals surface area (Å²) in [7, 11) is 0. The fraction of sp³-hybridized carbons (Fsp3) is 0.500. The van der Waals surface area contributed by atoms with Crippen molar-refractivity contribution in [2.75, 3.05) is 18.1 Å². The highest BCUT2D eigenvalue weighted by Crippen LogP contribution is 2.23. The molecule has 0 bridgehead atoms. The van der Waals surface area contributed by atoms with Crippen molar-refractivity contribution in [2.45, 2.75) is 33.2 Å². The summed E-state index contributed by atoms with van der Waals surface area (Å²) in [4.78, 5) is 13.8. The Bertz CT molecular complexity index is 374. The summed E-state index contributed by atoms with van der Waals surface area (Å²) in [5, 5.41) is 8.93. The lowest BCUT2D eigenvalue weighted by atomic mass is 10.1. The highest BCUT2D eigenvalue weighted by atomic mass is 16.3. The Hall–Kier alpha value is -1.35. The molecule has 94 valence electrons. The molecule has 0 heterocycles. The van der Waals surface area contributed by atoms with Gasteiger partial charge in [-0.1, -0.05) is 12.1 Å². The molecular formula is C14H21NO2. The number of para-hydroxylation sites is 1. The molecule has 1 aromatic rings. The summed E-state index contributed by atoms with van der Waals surface area (Å²) in [5.74, 6) is 0.0789. The van der Waals surface area contributed by atoms with Crippen molar-refractivity contribution in [3.05, 3.63) is 29.8 Å². The quantitative estimate of drug-likeness (QED) is 0.770. The van der Waals surface area contributed by atoms with Crippen LogP contribution in [0.4, 0.5) is 5.69 Å². The van der Waals surface area contributed by atoms with E-state index >= 15 is 0 Å². The molecule has 0 aliphatic heterocycles. The number of Topliss-reactive ketones (excluding diaryl/α,β-unsaturated/α-hetero) is 1. The van der Waals surface area contributed by atoms with Gasteiger partial charge in [-0.3, -0.25) is 4.79 Å². The van der Waals surface area contributed by atoms with Crippen LogP contribution in [0.5, 0.6) is 0 Å². The van der Waals surface area contributed by atoms with Crippen LogP contribution in [0.15, 0.2) is 24.3 Å². The van der Waals surface area contributed by atoms with Crippen molar-refractivity contribution in [3.63, 3.8) is 0 Å². The lowest BCUT2D eigenvalue weighted by Crippen LogP contribution is -2.33. The second-order valence-corrected chi connectivity index (χ2v) is 4.44. The third-order valence-electron chi connectivity index (χ3n) is 2.77. The molecule has 1 N–H and O–H groups in total. The number of carbonyl (C=O) groups is 1. The number of aliphatic hydroxyl groups excluding tert-OH is 1. The molecule has 3 nitrogen and oxygen atoms in total. The van der Waals surface area contributed by atoms with Crippen LogP contribution in [0.1, 0.15) is 37.6 Å². The third kappa shape index (κ3) is 3.56. The van der Waals surface area contributed by atoms with Crippen molar-refractivity contribution in [1.82, 2.24) is 0 Å². The summed E-state index contributed by atoms with van der Waals surface area (Å²) < 4.78 is 0. The molecule has 0 unspecified atom stereocenters. The number of ketones is 1. The Labute approximate surface area is 103 Å². The lowest BCUT2D eigenvalue weighted by Gasteiger charge is -2.30. The van der Waals surface area contributed by atoms with Gasteiger partial charge in [-0.05, 0) is 39.3 Å². The number of rotatable bonds is 6. The number of benzene rings is 1. The summed E-state index contributed by atoms with van der Waals surface area (Å²) in [6.07, 6.45) is 0.713. The Kier molecular flexibility index (Phi) is 5.16. The fourth-order valence-corrected chi connectivity index (χ4v) is 1.92. The SMILES string of the molecule is CC(=O)c1ccccc1N(CCCO)C(C)C. The lowest BCUT2D eigenvalue weighted by molar-refractivity contribution is 0.101. The van der Waals surface area contributed by atoms with Crippen LogP contribution in [-0.2, 0) is 0 Å². The first-order valence-electron chi connectivity index (χ1n) is 6.05. The molecule has 0 aliphatic rings. The molecule has 0 spiro atoms. The number of aliphatic hydroxyl groups is 1. The van der Waals surface area contributed by atoms with Gasteiger partial charge in [0.25, 0.3) is 0 Å². The molecule has 0 amide bonds. The van der Waals surface area contributed by atoms with Crippen LogP contribution in [0.3, 0.4) is 0 Å². The van der Waals surface area contributed by atoms with E-state index in [2.05, 4.69) is 18.7 Å². The van der Waals surface area contributed by atoms with Crippen molar-refractivity contribution in [2.24, 2.45) is 0 Å². The van der Waals surface area contributed by atoms with E-state index < -0.39 is 0 Å². The Morgan fingerprint density at radius 3 is 2.53 bits per heavy atom. The van der Waals surface area contributed by atoms with E-state index in [1.807, 2.05) is 24.3 Å². The molecule has 0 saturated heterocycles. The number of carbonyl (C=O) groups excluding carboxylic acids is 1. The molecule has 0 aromatic heterocycles. The van der Waals surface area contributed by atoms with Crippen LogP contribution in [-0.4, -0.2) is 30.1 Å². The minimum atomic E-state index is 0.0789. The second-order valence-electron chi connectivity index (χ2n) is 4.44. The summed E-state index contributed by atoms with van der Waals surface area (Å²) in [6.45, 7) is 6.70. The molecule has 0 saturated carbocycles. The van der Waals surface area contributed by atoms with Crippen LogP contribution >= 0.6 is 0 Å². The number of hydrogen-bond donors (Lipinski definition) is 1. The van der Waals surface area contributed by atoms with Gasteiger partial charge in [0.1, 0.15) is 0 Å². The first kappa shape index (κ1) is 13.7. The molecule has 17 heavy (non-hydrogen) atoms. The molecule has 0 radical (unpaired) electrons. The maximum absolute atomic E-state index is 11.6. The first-order chi connectivity index (χ1) is 8.07. The number of hydrogen-bond acceptors (Lipinski definition) is 3. The van der Waals surface area contributed by atoms with Crippen LogP contribution in [0.25, 0.3) is 0 Å². The molecular weight excluding hydrogens is 214 g/mol. The maximum Gasteiger partial charge on any atom is 0.161 e. The van der Waals surface area contributed by atoms with Crippen molar-refractivity contribution < 1.29 is 9.90 Å². The van der Waals surface area contributed by atoms with Gasteiger partial charge in [-0.2, -0.15) is 0 Å². The fourth-order valence-electron chi connectivity index (χ4n) is 1.92. The zero-order valence-electron chi connectivity index (χ0n) is 10.8. The molecule has 1 rings (SSSR count). The largest absolute Gasteiger partial charge is 0.396 e. The average molecular weight is 235 g/mol. The monoisotopic (exact) mass is 235 g/mol. The van der Waals surface area contributed by atoms with Gasteiger partial charge in [0.2, 0.25) is 0 Å². The van der Waals surface area contributed by atoms with Gasteiger partial charge in [0.05, 0.1) is 0 Å². The van der Waals surface area contributed by atoms with Gasteiger partial charge in [-0.15, -0.1) is 0 Å². The average Bonchev–Trinajstić information content (AvgIpc) is 2.29. The van der Waals surface area contributed by atoms with E-state index in [-0.39, 0.29) is 12.4 Å². The van der Waals surface area contributed by atoms with Gasteiger partial charge in [-0.25, -0.2) is 0 Å². The normalized spacial score (nSPS) is 10.6. The highest BCUT2D eigenvalue weighted by molar-refractivity contribution is 5.99. The predicted molar refractivity (Wildman–Crippen MR) is 70.6 cm³/mol. The van der Waals surface area contributed by atoms with E-state index in [9.17, 15) is 4.79 Å². The van der Waals surface area contributed by atoms with Crippen LogP contribution in [0.2, 0.25) is 0 Å². The van der Waals surface area contributed by atoms with E-state index in [1.54, 1.807) is 6.92 Å². The molecule has 0 aliphatic carbocycles. The second kappa shape index (κ2) is 6.40. The van der Waals surface area contributed by atoms with Crippen LogP contribution in [0, 0.1) is 0 Å². The molecule has 0 atom stereocenters. The third-order valence-corrected chi connectivity index (χ3v) is 2.77. The van der Waals surface area contributed by atoms with Gasteiger partial charge < -0.3 is 10.0 Å². The van der Waals surface area contributed by atoms with Gasteiger partial charge >= 0.3 is 0 Å². The minimum absolute atomic E-state index is 0.0789. The summed E-state index contributed by atoms with van der Waals surface area (Å²) in [6, 6.07) is 7.95. The van der Waals surface area contributed by atoms with Crippen molar-refractivity contribution in [3.8, 4) is 0 Å². The maximum atomic E-state index is 11.6. The van der Waals surface area contributed by atoms with Crippen molar-refractivity contribution in [1.29, 1.82) is 0 Å². The Balaban J connectivity index is 3.04. The minimum Gasteiger partial charge on any atom is -0.396 e. The predicted octanol–water partition coefficient (Wildman–Crippen LogP) is 2.49. The number of anilines is 1. The van der Waals surface area contributed by atoms with E-state index in [1.165, 1.54) is 0 Å². The highest BCUT2D eigenvalue weighted by Gasteiger charge is 2.15. The standard InChI is InChI=1S/C14H21NO2/c1-11(2)15(9-6-10-16)14-8-5-4-7-13(14)12(3)17/h4-5,7-8,11,16H,6,9-10H2,1-3H3. The number of nitrogens with zero attached hydrogens (tertiary/aromatic N) is 1. The zero-order chi connectivity index (χ0) is 12.8. The van der Waals surface area contributed by atoms with Crippen LogP contribution < -0.4 is 4.90 Å². The van der Waals surface area contributed by atoms with E-state index in [4.69, 9.17) is 5.11 Å². The summed E-state index contributed by atoms with van der Waals surface area (Å²) >= 11 is 0. The van der Waals surface area contributed by atoms with E-state index in [0.717, 1.165) is 17.8 Å². The topological polar surface area (TPSA) is 40.5 Å². The molecule has 0 fully saturated rings. The van der Waals surface area contributed by atoms with E-state index in [0.29, 0.717) is 12.5 Å². The Morgan fingerprint density at radius 1 is 1.35 bits per heavy atom. The molecule has 3 heteroatoms.